The Hall–Kier alpha value is -1.16. The summed E-state index contributed by atoms with van der Waals surface area (Å²) in [5.41, 5.74) is 0. The third-order valence-electron chi connectivity index (χ3n) is 5.32. The van der Waals surface area contributed by atoms with Crippen LogP contribution in [-0.2, 0) is 0 Å². The van der Waals surface area contributed by atoms with Gasteiger partial charge >= 0.3 is 0 Å². The van der Waals surface area contributed by atoms with E-state index >= 15 is 0 Å². The van der Waals surface area contributed by atoms with Crippen LogP contribution in [0.3, 0.4) is 0 Å². The molecule has 1 aromatic rings. The maximum atomic E-state index is 4.96. The van der Waals surface area contributed by atoms with Crippen LogP contribution in [0.2, 0.25) is 0 Å². The van der Waals surface area contributed by atoms with Crippen LogP contribution in [0.4, 0.5) is 5.95 Å². The average Bonchev–Trinajstić information content (AvgIpc) is 2.73. The molecule has 2 saturated heterocycles. The Morgan fingerprint density at radius 2 is 1.75 bits per heavy atom. The van der Waals surface area contributed by atoms with Crippen molar-refractivity contribution in [3.63, 3.8) is 0 Å². The first-order valence-corrected chi connectivity index (χ1v) is 10.5. The fourth-order valence-corrected chi connectivity index (χ4v) is 3.88. The quantitative estimate of drug-likeness (QED) is 0.367. The molecule has 0 aromatic carbocycles. The van der Waals surface area contributed by atoms with Crippen LogP contribution in [0.5, 0.6) is 0 Å². The van der Waals surface area contributed by atoms with Gasteiger partial charge in [-0.2, -0.15) is 0 Å². The first-order valence-electron chi connectivity index (χ1n) is 10.5. The monoisotopic (exact) mass is 501 g/mol. The molecule has 1 unspecified atom stereocenters. The van der Waals surface area contributed by atoms with Crippen molar-refractivity contribution in [2.24, 2.45) is 10.9 Å². The van der Waals surface area contributed by atoms with Crippen molar-refractivity contribution < 1.29 is 0 Å². The Morgan fingerprint density at radius 3 is 2.39 bits per heavy atom. The van der Waals surface area contributed by atoms with Gasteiger partial charge in [-0.05, 0) is 44.8 Å². The summed E-state index contributed by atoms with van der Waals surface area (Å²) in [6.45, 7) is 13.7. The number of nitrogens with zero attached hydrogens (tertiary/aromatic N) is 6. The molecule has 0 bridgehead atoms. The SMILES string of the molecule is CCNC(=NCC(C)CN1CCCCC1)N1CCN(c2ncccn2)CC1.I. The summed E-state index contributed by atoms with van der Waals surface area (Å²) in [6, 6.07) is 1.86. The van der Waals surface area contributed by atoms with Gasteiger partial charge in [0, 0.05) is 58.2 Å². The summed E-state index contributed by atoms with van der Waals surface area (Å²) < 4.78 is 0. The number of aromatic nitrogens is 2. The van der Waals surface area contributed by atoms with E-state index in [0.29, 0.717) is 5.92 Å². The number of piperazine rings is 1. The third kappa shape index (κ3) is 7.02. The van der Waals surface area contributed by atoms with Gasteiger partial charge in [-0.3, -0.25) is 4.99 Å². The summed E-state index contributed by atoms with van der Waals surface area (Å²) in [6.07, 6.45) is 7.73. The van der Waals surface area contributed by atoms with E-state index in [-0.39, 0.29) is 24.0 Å². The molecular formula is C20H36IN7. The highest BCUT2D eigenvalue weighted by molar-refractivity contribution is 14.0. The molecular weight excluding hydrogens is 465 g/mol. The van der Waals surface area contributed by atoms with Crippen LogP contribution in [0, 0.1) is 5.92 Å². The number of aliphatic imine (C=N–C) groups is 1. The lowest BCUT2D eigenvalue weighted by molar-refractivity contribution is 0.202. The number of hydrogen-bond acceptors (Lipinski definition) is 5. The predicted molar refractivity (Wildman–Crippen MR) is 127 cm³/mol. The Morgan fingerprint density at radius 1 is 1.07 bits per heavy atom. The van der Waals surface area contributed by atoms with Crippen molar-refractivity contribution in [1.29, 1.82) is 0 Å². The van der Waals surface area contributed by atoms with Crippen molar-refractivity contribution in [3.8, 4) is 0 Å². The molecule has 28 heavy (non-hydrogen) atoms. The summed E-state index contributed by atoms with van der Waals surface area (Å²) in [4.78, 5) is 20.9. The van der Waals surface area contributed by atoms with Gasteiger partial charge in [0.05, 0.1) is 0 Å². The van der Waals surface area contributed by atoms with E-state index in [4.69, 9.17) is 4.99 Å². The normalized spacial score (nSPS) is 19.9. The number of guanidine groups is 1. The molecule has 3 heterocycles. The van der Waals surface area contributed by atoms with Gasteiger partial charge in [0.25, 0.3) is 0 Å². The summed E-state index contributed by atoms with van der Waals surface area (Å²) >= 11 is 0. The molecule has 0 saturated carbocycles. The highest BCUT2D eigenvalue weighted by Gasteiger charge is 2.21. The lowest BCUT2D eigenvalue weighted by atomic mass is 10.1. The average molecular weight is 501 g/mol. The molecule has 158 valence electrons. The number of hydrogen-bond donors (Lipinski definition) is 1. The molecule has 7 nitrogen and oxygen atoms in total. The molecule has 0 radical (unpaired) electrons. The highest BCUT2D eigenvalue weighted by atomic mass is 127. The van der Waals surface area contributed by atoms with Gasteiger partial charge in [0.1, 0.15) is 0 Å². The number of halogens is 1. The van der Waals surface area contributed by atoms with Gasteiger partial charge < -0.3 is 20.0 Å². The summed E-state index contributed by atoms with van der Waals surface area (Å²) in [5, 5.41) is 3.48. The van der Waals surface area contributed by atoms with Crippen LogP contribution in [-0.4, -0.2) is 84.6 Å². The van der Waals surface area contributed by atoms with Crippen molar-refractivity contribution >= 4 is 35.9 Å². The molecule has 1 aromatic heterocycles. The topological polar surface area (TPSA) is 59.9 Å². The van der Waals surface area contributed by atoms with E-state index in [0.717, 1.165) is 51.2 Å². The van der Waals surface area contributed by atoms with E-state index < -0.39 is 0 Å². The summed E-state index contributed by atoms with van der Waals surface area (Å²) in [7, 11) is 0. The third-order valence-corrected chi connectivity index (χ3v) is 5.32. The molecule has 1 N–H and O–H groups in total. The Balaban J connectivity index is 0.00000280. The number of piperidine rings is 1. The number of anilines is 1. The first kappa shape index (κ1) is 23.1. The maximum Gasteiger partial charge on any atom is 0.225 e. The van der Waals surface area contributed by atoms with Crippen LogP contribution < -0.4 is 10.2 Å². The zero-order chi connectivity index (χ0) is 18.9. The lowest BCUT2D eigenvalue weighted by Gasteiger charge is -2.36. The molecule has 8 heteroatoms. The van der Waals surface area contributed by atoms with Gasteiger partial charge in [-0.15, -0.1) is 24.0 Å². The van der Waals surface area contributed by atoms with Crippen molar-refractivity contribution in [2.45, 2.75) is 33.1 Å². The molecule has 1 atom stereocenters. The summed E-state index contributed by atoms with van der Waals surface area (Å²) in [5.74, 6) is 2.47. The number of likely N-dealkylation sites (tertiary alicyclic amines) is 1. The van der Waals surface area contributed by atoms with E-state index in [1.807, 2.05) is 18.5 Å². The second-order valence-corrected chi connectivity index (χ2v) is 7.68. The Bertz CT molecular complexity index is 569. The molecule has 0 spiro atoms. The van der Waals surface area contributed by atoms with Crippen molar-refractivity contribution in [2.75, 3.05) is 63.8 Å². The smallest absolute Gasteiger partial charge is 0.225 e. The van der Waals surface area contributed by atoms with E-state index in [2.05, 4.69) is 43.8 Å². The standard InChI is InChI=1S/C20H35N7.HI/c1-3-21-19(24-16-18(2)17-25-10-5-4-6-11-25)26-12-14-27(15-13-26)20-22-8-7-9-23-20;/h7-9,18H,3-6,10-17H2,1-2H3,(H,21,24);1H. The van der Waals surface area contributed by atoms with Crippen LogP contribution >= 0.6 is 24.0 Å². The minimum atomic E-state index is 0. The molecule has 2 aliphatic heterocycles. The van der Waals surface area contributed by atoms with E-state index in [1.165, 1.54) is 38.9 Å². The fraction of sp³-hybridized carbons (Fsp3) is 0.750. The second kappa shape index (κ2) is 12.4. The number of nitrogens with one attached hydrogen (secondary N) is 1. The van der Waals surface area contributed by atoms with Crippen LogP contribution in [0.15, 0.2) is 23.5 Å². The van der Waals surface area contributed by atoms with Crippen molar-refractivity contribution in [1.82, 2.24) is 25.1 Å². The molecule has 2 aliphatic rings. The molecule has 0 amide bonds. The maximum absolute atomic E-state index is 4.96. The van der Waals surface area contributed by atoms with Gasteiger partial charge in [0.15, 0.2) is 5.96 Å². The second-order valence-electron chi connectivity index (χ2n) is 7.68. The highest BCUT2D eigenvalue weighted by Crippen LogP contribution is 2.12. The zero-order valence-corrected chi connectivity index (χ0v) is 19.7. The largest absolute Gasteiger partial charge is 0.357 e. The minimum Gasteiger partial charge on any atom is -0.357 e. The Kier molecular flexibility index (Phi) is 10.3. The fourth-order valence-electron chi connectivity index (χ4n) is 3.88. The Labute approximate surface area is 187 Å². The van der Waals surface area contributed by atoms with E-state index in [1.54, 1.807) is 0 Å². The van der Waals surface area contributed by atoms with Gasteiger partial charge in [0.2, 0.25) is 5.95 Å². The molecule has 3 rings (SSSR count). The first-order chi connectivity index (χ1) is 13.3. The van der Waals surface area contributed by atoms with Crippen LogP contribution in [0.25, 0.3) is 0 Å². The van der Waals surface area contributed by atoms with Gasteiger partial charge in [-0.1, -0.05) is 13.3 Å². The van der Waals surface area contributed by atoms with Crippen LogP contribution in [0.1, 0.15) is 33.1 Å². The zero-order valence-electron chi connectivity index (χ0n) is 17.4. The number of rotatable bonds is 6. The molecule has 2 fully saturated rings. The minimum absolute atomic E-state index is 0. The van der Waals surface area contributed by atoms with E-state index in [9.17, 15) is 0 Å². The molecule has 0 aliphatic carbocycles. The van der Waals surface area contributed by atoms with Crippen molar-refractivity contribution in [3.05, 3.63) is 18.5 Å². The van der Waals surface area contributed by atoms with Gasteiger partial charge in [-0.25, -0.2) is 9.97 Å². The lowest BCUT2D eigenvalue weighted by Crippen LogP contribution is -2.53. The predicted octanol–water partition coefficient (Wildman–Crippen LogP) is 2.30.